The molecule has 31 heavy (non-hydrogen) atoms. The average molecular weight is 403 g/mol. The monoisotopic (exact) mass is 402 g/mol. The largest absolute Gasteiger partial charge is 0.0991 e. The van der Waals surface area contributed by atoms with Gasteiger partial charge in [0.2, 0.25) is 0 Å². The Hall–Kier alpha value is -3.64. The molecule has 0 radical (unpaired) electrons. The van der Waals surface area contributed by atoms with E-state index in [4.69, 9.17) is 0 Å². The number of hydrogen-bond donors (Lipinski definition) is 0. The molecule has 0 aromatic heterocycles. The summed E-state index contributed by atoms with van der Waals surface area (Å²) in [6.45, 7) is 10.0. The van der Waals surface area contributed by atoms with E-state index in [2.05, 4.69) is 131 Å². The van der Waals surface area contributed by atoms with Crippen molar-refractivity contribution in [2.75, 3.05) is 0 Å². The fourth-order valence-electron chi connectivity index (χ4n) is 3.71. The van der Waals surface area contributed by atoms with Crippen LogP contribution >= 0.6 is 0 Å². The first-order valence-electron chi connectivity index (χ1n) is 10.8. The van der Waals surface area contributed by atoms with Crippen LogP contribution in [0.15, 0.2) is 122 Å². The van der Waals surface area contributed by atoms with Crippen molar-refractivity contribution in [3.05, 3.63) is 133 Å². The predicted octanol–water partition coefficient (Wildman–Crippen LogP) is 9.15. The van der Waals surface area contributed by atoms with Crippen LogP contribution in [0, 0.1) is 0 Å². The highest BCUT2D eigenvalue weighted by Gasteiger charge is 2.08. The smallest absolute Gasteiger partial charge is 0.0171 e. The second-order valence-electron chi connectivity index (χ2n) is 7.33. The van der Waals surface area contributed by atoms with Crippen molar-refractivity contribution >= 4 is 11.1 Å². The van der Waals surface area contributed by atoms with E-state index < -0.39 is 0 Å². The van der Waals surface area contributed by atoms with Crippen LogP contribution < -0.4 is 0 Å². The van der Waals surface area contributed by atoms with Gasteiger partial charge < -0.3 is 0 Å². The first-order valence-corrected chi connectivity index (χ1v) is 10.8. The van der Waals surface area contributed by atoms with Gasteiger partial charge in [-0.05, 0) is 89.6 Å². The molecular formula is C31H30. The van der Waals surface area contributed by atoms with Gasteiger partial charge in [-0.25, -0.2) is 0 Å². The topological polar surface area (TPSA) is 0 Å². The lowest BCUT2D eigenvalue weighted by Crippen LogP contribution is -1.89. The van der Waals surface area contributed by atoms with E-state index in [-0.39, 0.29) is 0 Å². The Morgan fingerprint density at radius 2 is 1.23 bits per heavy atom. The van der Waals surface area contributed by atoms with Crippen LogP contribution in [0.1, 0.15) is 31.9 Å². The highest BCUT2D eigenvalue weighted by atomic mass is 14.1. The molecule has 0 saturated heterocycles. The molecule has 0 nitrogen and oxygen atoms in total. The molecule has 0 atom stereocenters. The number of allylic oxidation sites excluding steroid dienone is 9. The molecule has 0 aliphatic rings. The molecular weight excluding hydrogens is 372 g/mol. The number of rotatable bonds is 7. The number of hydrogen-bond acceptors (Lipinski definition) is 0. The highest BCUT2D eigenvalue weighted by molar-refractivity contribution is 5.84. The van der Waals surface area contributed by atoms with E-state index >= 15 is 0 Å². The molecule has 0 spiro atoms. The van der Waals surface area contributed by atoms with Gasteiger partial charge in [-0.3, -0.25) is 0 Å². The van der Waals surface area contributed by atoms with Gasteiger partial charge in [-0.1, -0.05) is 97.6 Å². The summed E-state index contributed by atoms with van der Waals surface area (Å²) in [5, 5.41) is 0. The second kappa shape index (κ2) is 10.9. The Morgan fingerprint density at radius 1 is 0.613 bits per heavy atom. The fraction of sp³-hybridized carbons (Fsp3) is 0.0968. The molecule has 0 heteroatoms. The lowest BCUT2D eigenvalue weighted by atomic mass is 9.91. The average Bonchev–Trinajstić information content (AvgIpc) is 2.83. The molecule has 154 valence electrons. The molecule has 0 bridgehead atoms. The molecule has 3 aromatic rings. The van der Waals surface area contributed by atoms with Gasteiger partial charge in [0.1, 0.15) is 0 Å². The summed E-state index contributed by atoms with van der Waals surface area (Å²) < 4.78 is 0. The summed E-state index contributed by atoms with van der Waals surface area (Å²) in [7, 11) is 0. The van der Waals surface area contributed by atoms with E-state index in [1.807, 2.05) is 12.2 Å². The Labute approximate surface area is 187 Å². The van der Waals surface area contributed by atoms with E-state index in [0.29, 0.717) is 0 Å². The minimum atomic E-state index is 1.18. The van der Waals surface area contributed by atoms with Crippen LogP contribution in [-0.2, 0) is 0 Å². The molecule has 0 saturated carbocycles. The Morgan fingerprint density at radius 3 is 1.87 bits per heavy atom. The van der Waals surface area contributed by atoms with Crippen molar-refractivity contribution in [2.45, 2.75) is 20.8 Å². The summed E-state index contributed by atoms with van der Waals surface area (Å²) in [6.07, 6.45) is 14.5. The fourth-order valence-corrected chi connectivity index (χ4v) is 3.71. The molecule has 0 unspecified atom stereocenters. The summed E-state index contributed by atoms with van der Waals surface area (Å²) in [5.41, 5.74) is 9.68. The maximum atomic E-state index is 3.82. The van der Waals surface area contributed by atoms with Crippen molar-refractivity contribution in [2.24, 2.45) is 0 Å². The van der Waals surface area contributed by atoms with Crippen LogP contribution in [0.3, 0.4) is 0 Å². The van der Waals surface area contributed by atoms with Crippen LogP contribution in [0.2, 0.25) is 0 Å². The summed E-state index contributed by atoms with van der Waals surface area (Å²) >= 11 is 0. The van der Waals surface area contributed by atoms with Gasteiger partial charge in [0.25, 0.3) is 0 Å². The first kappa shape index (κ1) is 22.1. The lowest BCUT2D eigenvalue weighted by Gasteiger charge is -2.13. The molecule has 0 amide bonds. The first-order chi connectivity index (χ1) is 15.2. The molecule has 0 heterocycles. The Balaban J connectivity index is 2.19. The Kier molecular flexibility index (Phi) is 7.79. The standard InChI is InChI=1S/C31H30/c1-5-9-15-25(8-4)29-21-30(26-16-11-10-12-17-26)23-31(22-29)28-19-13-18-27(20-28)24(7-3)14-6-2/h5-23H,1H2,2-4H3/b14-6-,15-9-,24-7+,25-8+. The second-order valence-corrected chi connectivity index (χ2v) is 7.33. The minimum Gasteiger partial charge on any atom is -0.0991 e. The lowest BCUT2D eigenvalue weighted by molar-refractivity contribution is 1.53. The minimum absolute atomic E-state index is 1.18. The van der Waals surface area contributed by atoms with E-state index in [1.165, 1.54) is 44.5 Å². The zero-order chi connectivity index (χ0) is 22.1. The Bertz CT molecular complexity index is 1150. The van der Waals surface area contributed by atoms with Gasteiger partial charge in [-0.15, -0.1) is 0 Å². The van der Waals surface area contributed by atoms with E-state index in [0.717, 1.165) is 0 Å². The zero-order valence-electron chi connectivity index (χ0n) is 18.7. The van der Waals surface area contributed by atoms with Gasteiger partial charge >= 0.3 is 0 Å². The van der Waals surface area contributed by atoms with Gasteiger partial charge in [0.05, 0.1) is 0 Å². The molecule has 0 aliphatic heterocycles. The maximum Gasteiger partial charge on any atom is -0.0171 e. The van der Waals surface area contributed by atoms with Crippen LogP contribution in [0.5, 0.6) is 0 Å². The van der Waals surface area contributed by atoms with Crippen LogP contribution in [0.25, 0.3) is 33.4 Å². The van der Waals surface area contributed by atoms with Crippen molar-refractivity contribution in [1.82, 2.24) is 0 Å². The van der Waals surface area contributed by atoms with E-state index in [1.54, 1.807) is 0 Å². The van der Waals surface area contributed by atoms with E-state index in [9.17, 15) is 0 Å². The number of benzene rings is 3. The summed E-state index contributed by atoms with van der Waals surface area (Å²) in [5.74, 6) is 0. The molecule has 0 fully saturated rings. The summed E-state index contributed by atoms with van der Waals surface area (Å²) in [4.78, 5) is 0. The van der Waals surface area contributed by atoms with Crippen molar-refractivity contribution < 1.29 is 0 Å². The maximum absolute atomic E-state index is 3.82. The zero-order valence-corrected chi connectivity index (χ0v) is 18.7. The molecule has 3 aromatic carbocycles. The van der Waals surface area contributed by atoms with Crippen molar-refractivity contribution in [3.8, 4) is 22.3 Å². The van der Waals surface area contributed by atoms with Crippen molar-refractivity contribution in [1.29, 1.82) is 0 Å². The quantitative estimate of drug-likeness (QED) is 0.346. The third-order valence-electron chi connectivity index (χ3n) is 5.28. The van der Waals surface area contributed by atoms with Gasteiger partial charge in [-0.2, -0.15) is 0 Å². The summed E-state index contributed by atoms with van der Waals surface area (Å²) in [6, 6.07) is 26.2. The van der Waals surface area contributed by atoms with Crippen LogP contribution in [-0.4, -0.2) is 0 Å². The van der Waals surface area contributed by atoms with Crippen molar-refractivity contribution in [3.63, 3.8) is 0 Å². The highest BCUT2D eigenvalue weighted by Crippen LogP contribution is 2.32. The normalized spacial score (nSPS) is 12.6. The molecule has 0 N–H and O–H groups in total. The third kappa shape index (κ3) is 5.49. The molecule has 0 aliphatic carbocycles. The van der Waals surface area contributed by atoms with Gasteiger partial charge in [0.15, 0.2) is 0 Å². The van der Waals surface area contributed by atoms with Gasteiger partial charge in [0, 0.05) is 0 Å². The molecule has 3 rings (SSSR count). The van der Waals surface area contributed by atoms with Crippen LogP contribution in [0.4, 0.5) is 0 Å². The third-order valence-corrected chi connectivity index (χ3v) is 5.28. The predicted molar refractivity (Wildman–Crippen MR) is 139 cm³/mol. The SMILES string of the molecule is C=C/C=C\C(=C/C)c1cc(-c2ccccc2)cc(-c2cccc(C(/C=C\C)=C/C)c2)c1.